The molecule has 0 bridgehead atoms. The molecule has 0 unspecified atom stereocenters. The summed E-state index contributed by atoms with van der Waals surface area (Å²) >= 11 is 5.81. The first-order valence-electron chi connectivity index (χ1n) is 6.22. The van der Waals surface area contributed by atoms with Gasteiger partial charge in [0.25, 0.3) is 5.91 Å². The van der Waals surface area contributed by atoms with Gasteiger partial charge in [0.15, 0.2) is 0 Å². The van der Waals surface area contributed by atoms with E-state index in [4.69, 9.17) is 16.3 Å². The van der Waals surface area contributed by atoms with E-state index in [0.29, 0.717) is 23.0 Å². The average molecular weight is 291 g/mol. The second-order valence-electron chi connectivity index (χ2n) is 4.22. The lowest BCUT2D eigenvalue weighted by Gasteiger charge is -2.06. The van der Waals surface area contributed by atoms with Crippen molar-refractivity contribution in [2.75, 3.05) is 13.7 Å². The van der Waals surface area contributed by atoms with Gasteiger partial charge in [-0.2, -0.15) is 0 Å². The first-order chi connectivity index (χ1) is 9.69. The van der Waals surface area contributed by atoms with Crippen molar-refractivity contribution >= 4 is 17.5 Å². The monoisotopic (exact) mass is 290 g/mol. The zero-order chi connectivity index (χ0) is 14.4. The van der Waals surface area contributed by atoms with Crippen LogP contribution in [0.1, 0.15) is 15.9 Å². The number of pyridine rings is 1. The molecular weight excluding hydrogens is 276 g/mol. The summed E-state index contributed by atoms with van der Waals surface area (Å²) < 4.78 is 4.94. The summed E-state index contributed by atoms with van der Waals surface area (Å²) in [6.07, 6.45) is 2.25. The molecule has 2 aromatic rings. The third kappa shape index (κ3) is 3.96. The zero-order valence-corrected chi connectivity index (χ0v) is 11.9. The summed E-state index contributed by atoms with van der Waals surface area (Å²) in [5.74, 6) is 0.344. The van der Waals surface area contributed by atoms with Crippen LogP contribution in [0.5, 0.6) is 5.88 Å². The maximum absolute atomic E-state index is 11.9. The highest BCUT2D eigenvalue weighted by atomic mass is 35.5. The van der Waals surface area contributed by atoms with E-state index in [1.807, 2.05) is 24.3 Å². The van der Waals surface area contributed by atoms with E-state index < -0.39 is 0 Å². The summed E-state index contributed by atoms with van der Waals surface area (Å²) in [6, 6.07) is 10.9. The number of rotatable bonds is 5. The van der Waals surface area contributed by atoms with Gasteiger partial charge in [0.05, 0.1) is 12.7 Å². The van der Waals surface area contributed by atoms with Gasteiger partial charge in [-0.05, 0) is 30.2 Å². The van der Waals surface area contributed by atoms with Crippen molar-refractivity contribution in [3.05, 3.63) is 58.7 Å². The number of benzene rings is 1. The predicted octanol–water partition coefficient (Wildman–Crippen LogP) is 2.72. The van der Waals surface area contributed by atoms with Crippen molar-refractivity contribution in [2.45, 2.75) is 6.42 Å². The minimum absolute atomic E-state index is 0.144. The number of carbonyl (C=O) groups is 1. The third-order valence-electron chi connectivity index (χ3n) is 2.82. The molecule has 0 saturated carbocycles. The maximum atomic E-state index is 11.9. The van der Waals surface area contributed by atoms with E-state index >= 15 is 0 Å². The van der Waals surface area contributed by atoms with E-state index in [9.17, 15) is 4.79 Å². The Morgan fingerprint density at radius 3 is 2.60 bits per heavy atom. The number of aromatic nitrogens is 1. The second-order valence-corrected chi connectivity index (χ2v) is 4.66. The molecule has 0 aliphatic heterocycles. The zero-order valence-electron chi connectivity index (χ0n) is 11.1. The summed E-state index contributed by atoms with van der Waals surface area (Å²) in [4.78, 5) is 15.9. The first kappa shape index (κ1) is 14.3. The number of hydrogen-bond donors (Lipinski definition) is 1. The number of nitrogens with one attached hydrogen (secondary N) is 1. The van der Waals surface area contributed by atoms with Crippen LogP contribution < -0.4 is 10.1 Å². The summed E-state index contributed by atoms with van der Waals surface area (Å²) in [5.41, 5.74) is 1.64. The minimum atomic E-state index is -0.144. The molecular formula is C15H15ClN2O2. The second kappa shape index (κ2) is 6.91. The molecule has 1 heterocycles. The minimum Gasteiger partial charge on any atom is -0.481 e. The maximum Gasteiger partial charge on any atom is 0.252 e. The van der Waals surface area contributed by atoms with Crippen LogP contribution in [0.3, 0.4) is 0 Å². The Labute approximate surface area is 122 Å². The van der Waals surface area contributed by atoms with Crippen molar-refractivity contribution < 1.29 is 9.53 Å². The van der Waals surface area contributed by atoms with Crippen LogP contribution in [-0.2, 0) is 6.42 Å². The lowest BCUT2D eigenvalue weighted by atomic mass is 10.1. The topological polar surface area (TPSA) is 51.2 Å². The SMILES string of the molecule is COc1ccc(C(=O)NCCc2ccc(Cl)cc2)cn1. The van der Waals surface area contributed by atoms with E-state index in [1.54, 1.807) is 12.1 Å². The number of ether oxygens (including phenoxy) is 1. The lowest BCUT2D eigenvalue weighted by molar-refractivity contribution is 0.0953. The Balaban J connectivity index is 1.83. The molecule has 0 fully saturated rings. The average Bonchev–Trinajstić information content (AvgIpc) is 2.49. The number of nitrogens with zero attached hydrogens (tertiary/aromatic N) is 1. The van der Waals surface area contributed by atoms with E-state index in [-0.39, 0.29) is 5.91 Å². The highest BCUT2D eigenvalue weighted by molar-refractivity contribution is 6.30. The van der Waals surface area contributed by atoms with Crippen molar-refractivity contribution in [2.24, 2.45) is 0 Å². The fourth-order valence-corrected chi connectivity index (χ4v) is 1.83. The molecule has 1 N–H and O–H groups in total. The van der Waals surface area contributed by atoms with Gasteiger partial charge in [0.2, 0.25) is 5.88 Å². The van der Waals surface area contributed by atoms with Crippen LogP contribution in [0.25, 0.3) is 0 Å². The molecule has 2 rings (SSSR count). The van der Waals surface area contributed by atoms with Gasteiger partial charge in [0.1, 0.15) is 0 Å². The van der Waals surface area contributed by atoms with Crippen LogP contribution >= 0.6 is 11.6 Å². The van der Waals surface area contributed by atoms with Gasteiger partial charge < -0.3 is 10.1 Å². The molecule has 0 spiro atoms. The van der Waals surface area contributed by atoms with Crippen LogP contribution in [0.15, 0.2) is 42.6 Å². The molecule has 104 valence electrons. The van der Waals surface area contributed by atoms with E-state index in [0.717, 1.165) is 12.0 Å². The van der Waals surface area contributed by atoms with Gasteiger partial charge in [-0.25, -0.2) is 4.98 Å². The molecule has 1 aromatic heterocycles. The van der Waals surface area contributed by atoms with E-state index in [2.05, 4.69) is 10.3 Å². The molecule has 4 nitrogen and oxygen atoms in total. The van der Waals surface area contributed by atoms with Crippen molar-refractivity contribution in [3.8, 4) is 5.88 Å². The first-order valence-corrected chi connectivity index (χ1v) is 6.59. The molecule has 0 saturated heterocycles. The highest BCUT2D eigenvalue weighted by Crippen LogP contribution is 2.10. The molecule has 0 atom stereocenters. The van der Waals surface area contributed by atoms with Gasteiger partial charge in [-0.3, -0.25) is 4.79 Å². The van der Waals surface area contributed by atoms with Crippen molar-refractivity contribution in [3.63, 3.8) is 0 Å². The fraction of sp³-hybridized carbons (Fsp3) is 0.200. The molecule has 0 radical (unpaired) electrons. The van der Waals surface area contributed by atoms with Crippen LogP contribution in [0.4, 0.5) is 0 Å². The molecule has 5 heteroatoms. The lowest BCUT2D eigenvalue weighted by Crippen LogP contribution is -2.25. The Bertz CT molecular complexity index is 567. The number of halogens is 1. The predicted molar refractivity (Wildman–Crippen MR) is 78.3 cm³/mol. The number of hydrogen-bond acceptors (Lipinski definition) is 3. The Kier molecular flexibility index (Phi) is 4.96. The van der Waals surface area contributed by atoms with Gasteiger partial charge in [-0.15, -0.1) is 0 Å². The molecule has 20 heavy (non-hydrogen) atoms. The highest BCUT2D eigenvalue weighted by Gasteiger charge is 2.05. The fourth-order valence-electron chi connectivity index (χ4n) is 1.71. The molecule has 0 aliphatic carbocycles. The standard InChI is InChI=1S/C15H15ClN2O2/c1-20-14-7-4-12(10-18-14)15(19)17-9-8-11-2-5-13(16)6-3-11/h2-7,10H,8-9H2,1H3,(H,17,19). The van der Waals surface area contributed by atoms with Gasteiger partial charge in [-0.1, -0.05) is 23.7 Å². The van der Waals surface area contributed by atoms with Crippen LogP contribution in [0, 0.1) is 0 Å². The Hall–Kier alpha value is -2.07. The number of methoxy groups -OCH3 is 1. The largest absolute Gasteiger partial charge is 0.481 e. The summed E-state index contributed by atoms with van der Waals surface area (Å²) in [7, 11) is 1.54. The number of carbonyl (C=O) groups excluding carboxylic acids is 1. The van der Waals surface area contributed by atoms with Crippen molar-refractivity contribution in [1.82, 2.24) is 10.3 Å². The van der Waals surface area contributed by atoms with Crippen LogP contribution in [-0.4, -0.2) is 24.5 Å². The van der Waals surface area contributed by atoms with Gasteiger partial charge in [0, 0.05) is 23.8 Å². The van der Waals surface area contributed by atoms with Gasteiger partial charge >= 0.3 is 0 Å². The Morgan fingerprint density at radius 1 is 1.25 bits per heavy atom. The van der Waals surface area contributed by atoms with Crippen LogP contribution in [0.2, 0.25) is 5.02 Å². The van der Waals surface area contributed by atoms with Crippen molar-refractivity contribution in [1.29, 1.82) is 0 Å². The summed E-state index contributed by atoms with van der Waals surface area (Å²) in [6.45, 7) is 0.562. The molecule has 0 aliphatic rings. The normalized spacial score (nSPS) is 10.1. The molecule has 1 amide bonds. The quantitative estimate of drug-likeness (QED) is 0.921. The van der Waals surface area contributed by atoms with E-state index in [1.165, 1.54) is 13.3 Å². The smallest absolute Gasteiger partial charge is 0.252 e. The Morgan fingerprint density at radius 2 is 2.00 bits per heavy atom. The number of amides is 1. The third-order valence-corrected chi connectivity index (χ3v) is 3.07. The summed E-state index contributed by atoms with van der Waals surface area (Å²) in [5, 5.41) is 3.56. The molecule has 1 aromatic carbocycles.